The highest BCUT2D eigenvalue weighted by molar-refractivity contribution is 6.12. The summed E-state index contributed by atoms with van der Waals surface area (Å²) in [5, 5.41) is 2.17. The molecule has 0 radical (unpaired) electrons. The Labute approximate surface area is 145 Å². The number of rotatable bonds is 2. The van der Waals surface area contributed by atoms with Gasteiger partial charge in [-0.15, -0.1) is 0 Å². The Morgan fingerprint density at radius 1 is 0.600 bits per heavy atom. The standard InChI is InChI=1S/C23H15NO/c1-3-9-16(10-4-1)19-15-21-22(18-13-7-8-14-20(18)25-21)23(24-19)17-11-5-2-6-12-17/h1-15H. The molecule has 25 heavy (non-hydrogen) atoms. The number of pyridine rings is 1. The van der Waals surface area contributed by atoms with Gasteiger partial charge in [0.1, 0.15) is 11.2 Å². The first-order valence-corrected chi connectivity index (χ1v) is 8.33. The Balaban J connectivity index is 1.90. The lowest BCUT2D eigenvalue weighted by Crippen LogP contribution is -1.89. The summed E-state index contributed by atoms with van der Waals surface area (Å²) in [6.45, 7) is 0. The summed E-state index contributed by atoms with van der Waals surface area (Å²) in [6, 6.07) is 30.7. The van der Waals surface area contributed by atoms with Gasteiger partial charge in [0, 0.05) is 22.6 Å². The minimum Gasteiger partial charge on any atom is -0.456 e. The maximum absolute atomic E-state index is 6.14. The van der Waals surface area contributed by atoms with Gasteiger partial charge in [-0.05, 0) is 6.07 Å². The number of hydrogen-bond donors (Lipinski definition) is 0. The van der Waals surface area contributed by atoms with Crippen LogP contribution in [0.1, 0.15) is 0 Å². The average Bonchev–Trinajstić information content (AvgIpc) is 3.07. The van der Waals surface area contributed by atoms with E-state index in [1.165, 1.54) is 0 Å². The summed E-state index contributed by atoms with van der Waals surface area (Å²) < 4.78 is 6.14. The van der Waals surface area contributed by atoms with E-state index >= 15 is 0 Å². The van der Waals surface area contributed by atoms with Crippen LogP contribution in [-0.2, 0) is 0 Å². The van der Waals surface area contributed by atoms with E-state index < -0.39 is 0 Å². The molecule has 3 aromatic carbocycles. The fourth-order valence-electron chi connectivity index (χ4n) is 3.30. The van der Waals surface area contributed by atoms with Gasteiger partial charge < -0.3 is 4.42 Å². The van der Waals surface area contributed by atoms with Crippen molar-refractivity contribution in [3.63, 3.8) is 0 Å². The molecule has 0 bridgehead atoms. The number of aromatic nitrogens is 1. The van der Waals surface area contributed by atoms with Gasteiger partial charge in [0.15, 0.2) is 0 Å². The van der Waals surface area contributed by atoms with Crippen LogP contribution >= 0.6 is 0 Å². The molecule has 0 unspecified atom stereocenters. The minimum atomic E-state index is 0.869. The van der Waals surface area contributed by atoms with E-state index in [-0.39, 0.29) is 0 Å². The molecule has 0 aliphatic rings. The molecule has 0 saturated heterocycles. The van der Waals surface area contributed by atoms with Gasteiger partial charge in [0.05, 0.1) is 16.8 Å². The van der Waals surface area contributed by atoms with E-state index in [2.05, 4.69) is 30.3 Å². The fraction of sp³-hybridized carbons (Fsp3) is 0. The van der Waals surface area contributed by atoms with Crippen LogP contribution in [-0.4, -0.2) is 4.98 Å². The summed E-state index contributed by atoms with van der Waals surface area (Å²) in [6.07, 6.45) is 0. The number of nitrogens with zero attached hydrogens (tertiary/aromatic N) is 1. The molecular weight excluding hydrogens is 306 g/mol. The second kappa shape index (κ2) is 5.60. The molecule has 0 aliphatic heterocycles. The van der Waals surface area contributed by atoms with Crippen LogP contribution in [0.25, 0.3) is 44.5 Å². The number of fused-ring (bicyclic) bond motifs is 3. The molecular formula is C23H15NO. The zero-order chi connectivity index (χ0) is 16.6. The molecule has 0 spiro atoms. The smallest absolute Gasteiger partial charge is 0.139 e. The number of para-hydroxylation sites is 1. The SMILES string of the molecule is c1ccc(-c2cc3oc4ccccc4c3c(-c3ccccc3)n2)cc1. The highest BCUT2D eigenvalue weighted by atomic mass is 16.3. The summed E-state index contributed by atoms with van der Waals surface area (Å²) >= 11 is 0. The Kier molecular flexibility index (Phi) is 3.14. The first-order chi connectivity index (χ1) is 12.4. The van der Waals surface area contributed by atoms with Gasteiger partial charge >= 0.3 is 0 Å². The van der Waals surface area contributed by atoms with Crippen molar-refractivity contribution in [1.29, 1.82) is 0 Å². The van der Waals surface area contributed by atoms with E-state index in [9.17, 15) is 0 Å². The predicted octanol–water partition coefficient (Wildman–Crippen LogP) is 6.32. The second-order valence-electron chi connectivity index (χ2n) is 6.06. The zero-order valence-electron chi connectivity index (χ0n) is 13.5. The lowest BCUT2D eigenvalue weighted by atomic mass is 10.0. The first kappa shape index (κ1) is 14.0. The molecule has 2 aromatic heterocycles. The van der Waals surface area contributed by atoms with Gasteiger partial charge in [-0.1, -0.05) is 78.9 Å². The van der Waals surface area contributed by atoms with Crippen molar-refractivity contribution in [3.8, 4) is 22.5 Å². The average molecular weight is 321 g/mol. The quantitative estimate of drug-likeness (QED) is 0.380. The molecule has 0 saturated carbocycles. The maximum Gasteiger partial charge on any atom is 0.139 e. The second-order valence-corrected chi connectivity index (χ2v) is 6.06. The lowest BCUT2D eigenvalue weighted by molar-refractivity contribution is 0.669. The fourth-order valence-corrected chi connectivity index (χ4v) is 3.30. The predicted molar refractivity (Wildman–Crippen MR) is 102 cm³/mol. The van der Waals surface area contributed by atoms with Crippen LogP contribution < -0.4 is 0 Å². The molecule has 2 heteroatoms. The molecule has 5 aromatic rings. The zero-order valence-corrected chi connectivity index (χ0v) is 13.5. The molecule has 2 nitrogen and oxygen atoms in total. The van der Waals surface area contributed by atoms with Crippen LogP contribution in [0, 0.1) is 0 Å². The molecule has 5 rings (SSSR count). The Bertz CT molecular complexity index is 1170. The summed E-state index contributed by atoms with van der Waals surface area (Å²) in [5.74, 6) is 0. The molecule has 0 N–H and O–H groups in total. The van der Waals surface area contributed by atoms with Crippen molar-refractivity contribution in [2.45, 2.75) is 0 Å². The van der Waals surface area contributed by atoms with Crippen molar-refractivity contribution in [2.75, 3.05) is 0 Å². The Morgan fingerprint density at radius 3 is 2.00 bits per heavy atom. The van der Waals surface area contributed by atoms with E-state index in [4.69, 9.17) is 9.40 Å². The summed E-state index contributed by atoms with van der Waals surface area (Å²) in [4.78, 5) is 5.00. The molecule has 0 fully saturated rings. The third-order valence-electron chi connectivity index (χ3n) is 4.48. The normalized spacial score (nSPS) is 11.2. The summed E-state index contributed by atoms with van der Waals surface area (Å²) in [5.41, 5.74) is 5.82. The number of benzene rings is 3. The number of hydrogen-bond acceptors (Lipinski definition) is 2. The Hall–Kier alpha value is -3.39. The van der Waals surface area contributed by atoms with Gasteiger partial charge in [-0.3, -0.25) is 0 Å². The molecule has 0 aliphatic carbocycles. The van der Waals surface area contributed by atoms with Crippen molar-refractivity contribution >= 4 is 21.9 Å². The first-order valence-electron chi connectivity index (χ1n) is 8.33. The maximum atomic E-state index is 6.14. The van der Waals surface area contributed by atoms with E-state index in [1.807, 2.05) is 60.7 Å². The number of furan rings is 1. The highest BCUT2D eigenvalue weighted by Gasteiger charge is 2.16. The van der Waals surface area contributed by atoms with Gasteiger partial charge in [-0.25, -0.2) is 4.98 Å². The van der Waals surface area contributed by atoms with Crippen LogP contribution in [0.2, 0.25) is 0 Å². The van der Waals surface area contributed by atoms with E-state index in [0.29, 0.717) is 0 Å². The van der Waals surface area contributed by atoms with Crippen LogP contribution in [0.15, 0.2) is 95.4 Å². The van der Waals surface area contributed by atoms with Crippen molar-refractivity contribution in [3.05, 3.63) is 91.0 Å². The third kappa shape index (κ3) is 2.31. The van der Waals surface area contributed by atoms with Gasteiger partial charge in [0.25, 0.3) is 0 Å². The van der Waals surface area contributed by atoms with Crippen LogP contribution in [0.5, 0.6) is 0 Å². The van der Waals surface area contributed by atoms with Gasteiger partial charge in [0.2, 0.25) is 0 Å². The highest BCUT2D eigenvalue weighted by Crippen LogP contribution is 2.37. The molecule has 118 valence electrons. The Morgan fingerprint density at radius 2 is 1.24 bits per heavy atom. The molecule has 0 amide bonds. The minimum absolute atomic E-state index is 0.869. The molecule has 0 atom stereocenters. The topological polar surface area (TPSA) is 26.0 Å². The third-order valence-corrected chi connectivity index (χ3v) is 4.48. The van der Waals surface area contributed by atoms with E-state index in [0.717, 1.165) is 44.5 Å². The largest absolute Gasteiger partial charge is 0.456 e. The summed E-state index contributed by atoms with van der Waals surface area (Å²) in [7, 11) is 0. The molecule has 2 heterocycles. The van der Waals surface area contributed by atoms with Crippen LogP contribution in [0.4, 0.5) is 0 Å². The van der Waals surface area contributed by atoms with Gasteiger partial charge in [-0.2, -0.15) is 0 Å². The van der Waals surface area contributed by atoms with Crippen molar-refractivity contribution in [1.82, 2.24) is 4.98 Å². The van der Waals surface area contributed by atoms with E-state index in [1.54, 1.807) is 0 Å². The van der Waals surface area contributed by atoms with Crippen molar-refractivity contribution < 1.29 is 4.42 Å². The monoisotopic (exact) mass is 321 g/mol. The van der Waals surface area contributed by atoms with Crippen LogP contribution in [0.3, 0.4) is 0 Å². The lowest BCUT2D eigenvalue weighted by Gasteiger charge is -2.07. The van der Waals surface area contributed by atoms with Crippen molar-refractivity contribution in [2.24, 2.45) is 0 Å².